The molecular weight excluding hydrogens is 326 g/mol. The van der Waals surface area contributed by atoms with Crippen molar-refractivity contribution in [3.8, 4) is 0 Å². The fraction of sp³-hybridized carbons (Fsp3) is 0.294. The first-order valence-corrected chi connectivity index (χ1v) is 8.51. The predicted molar refractivity (Wildman–Crippen MR) is 89.3 cm³/mol. The molecule has 0 N–H and O–H groups in total. The van der Waals surface area contributed by atoms with Crippen LogP contribution in [0, 0.1) is 0 Å². The van der Waals surface area contributed by atoms with E-state index in [1.165, 1.54) is 18.9 Å². The number of hydrogen-bond acceptors (Lipinski definition) is 6. The second kappa shape index (κ2) is 7.44. The molecule has 2 heterocycles. The maximum Gasteiger partial charge on any atom is 0.328 e. The van der Waals surface area contributed by atoms with Crippen LogP contribution >= 0.6 is 11.8 Å². The predicted octanol–water partition coefficient (Wildman–Crippen LogP) is 1.70. The number of rotatable bonds is 4. The summed E-state index contributed by atoms with van der Waals surface area (Å²) in [5.41, 5.74) is 2.14. The lowest BCUT2D eigenvalue weighted by Gasteiger charge is -2.35. The van der Waals surface area contributed by atoms with Crippen molar-refractivity contribution in [1.29, 1.82) is 0 Å². The first-order valence-electron chi connectivity index (χ1n) is 7.53. The van der Waals surface area contributed by atoms with Gasteiger partial charge in [-0.15, -0.1) is 0 Å². The monoisotopic (exact) mass is 343 g/mol. The molecule has 0 radical (unpaired) electrons. The molecule has 2 aromatic rings. The van der Waals surface area contributed by atoms with Gasteiger partial charge in [0, 0.05) is 25.4 Å². The van der Waals surface area contributed by atoms with Gasteiger partial charge in [-0.3, -0.25) is 4.79 Å². The highest BCUT2D eigenvalue weighted by atomic mass is 32.2. The molecule has 1 atom stereocenters. The minimum absolute atomic E-state index is 0.127. The zero-order valence-corrected chi connectivity index (χ0v) is 14.0. The Kier molecular flexibility index (Phi) is 5.10. The van der Waals surface area contributed by atoms with Gasteiger partial charge in [0.1, 0.15) is 6.04 Å². The van der Waals surface area contributed by atoms with Gasteiger partial charge in [-0.05, 0) is 17.2 Å². The number of carbonyl (C=O) groups is 2. The van der Waals surface area contributed by atoms with Crippen LogP contribution in [0.15, 0.2) is 47.9 Å². The highest BCUT2D eigenvalue weighted by Gasteiger charge is 2.35. The molecule has 0 fully saturated rings. The fourth-order valence-electron chi connectivity index (χ4n) is 2.70. The Balaban J connectivity index is 1.75. The summed E-state index contributed by atoms with van der Waals surface area (Å²) in [6.45, 7) is 0.408. The highest BCUT2D eigenvalue weighted by molar-refractivity contribution is 7.99. The topological polar surface area (TPSA) is 72.4 Å². The second-order valence-corrected chi connectivity index (χ2v) is 6.30. The molecule has 24 heavy (non-hydrogen) atoms. The Morgan fingerprint density at radius 1 is 1.21 bits per heavy atom. The number of ether oxygens (including phenoxy) is 1. The molecule has 1 aliphatic rings. The van der Waals surface area contributed by atoms with Gasteiger partial charge < -0.3 is 9.64 Å². The lowest BCUT2D eigenvalue weighted by molar-refractivity contribution is -0.153. The largest absolute Gasteiger partial charge is 0.467 e. The number of hydrogen-bond donors (Lipinski definition) is 0. The smallest absolute Gasteiger partial charge is 0.328 e. The zero-order chi connectivity index (χ0) is 16.9. The summed E-state index contributed by atoms with van der Waals surface area (Å²) < 4.78 is 4.88. The van der Waals surface area contributed by atoms with Crippen LogP contribution < -0.4 is 0 Å². The number of esters is 1. The maximum atomic E-state index is 12.7. The average Bonchev–Trinajstić information content (AvgIpc) is 2.65. The third kappa shape index (κ3) is 3.56. The van der Waals surface area contributed by atoms with Gasteiger partial charge in [0.15, 0.2) is 5.16 Å². The molecular formula is C17H17N3O3S. The van der Waals surface area contributed by atoms with E-state index >= 15 is 0 Å². The maximum absolute atomic E-state index is 12.7. The van der Waals surface area contributed by atoms with Crippen LogP contribution in [0.3, 0.4) is 0 Å². The average molecular weight is 343 g/mol. The van der Waals surface area contributed by atoms with Gasteiger partial charge in [-0.25, -0.2) is 14.8 Å². The van der Waals surface area contributed by atoms with E-state index in [4.69, 9.17) is 4.74 Å². The number of methoxy groups -OCH3 is 1. The molecule has 1 amide bonds. The minimum atomic E-state index is -0.588. The van der Waals surface area contributed by atoms with Gasteiger partial charge in [-0.2, -0.15) is 0 Å². The molecule has 3 rings (SSSR count). The van der Waals surface area contributed by atoms with E-state index in [1.54, 1.807) is 23.4 Å². The van der Waals surface area contributed by atoms with E-state index < -0.39 is 6.04 Å². The third-order valence-corrected chi connectivity index (χ3v) is 4.77. The van der Waals surface area contributed by atoms with Gasteiger partial charge in [0.05, 0.1) is 12.9 Å². The lowest BCUT2D eigenvalue weighted by atomic mass is 9.94. The van der Waals surface area contributed by atoms with Crippen LogP contribution in [0.2, 0.25) is 0 Å². The molecule has 7 heteroatoms. The Morgan fingerprint density at radius 3 is 2.62 bits per heavy atom. The van der Waals surface area contributed by atoms with Crippen molar-refractivity contribution in [1.82, 2.24) is 14.9 Å². The van der Waals surface area contributed by atoms with Crippen LogP contribution in [-0.2, 0) is 27.3 Å². The van der Waals surface area contributed by atoms with Crippen LogP contribution in [-0.4, -0.2) is 45.6 Å². The van der Waals surface area contributed by atoms with E-state index in [0.29, 0.717) is 18.1 Å². The summed E-state index contributed by atoms with van der Waals surface area (Å²) in [7, 11) is 1.35. The van der Waals surface area contributed by atoms with E-state index in [1.807, 2.05) is 24.3 Å². The summed E-state index contributed by atoms with van der Waals surface area (Å²) in [5, 5.41) is 0.540. The first kappa shape index (κ1) is 16.4. The highest BCUT2D eigenvalue weighted by Crippen LogP contribution is 2.25. The Morgan fingerprint density at radius 2 is 1.92 bits per heavy atom. The van der Waals surface area contributed by atoms with E-state index in [-0.39, 0.29) is 17.6 Å². The second-order valence-electron chi connectivity index (χ2n) is 5.35. The van der Waals surface area contributed by atoms with E-state index in [2.05, 4.69) is 9.97 Å². The first-order chi connectivity index (χ1) is 11.7. The number of fused-ring (bicyclic) bond motifs is 1. The molecule has 6 nitrogen and oxygen atoms in total. The van der Waals surface area contributed by atoms with Crippen molar-refractivity contribution in [2.45, 2.75) is 24.2 Å². The summed E-state index contributed by atoms with van der Waals surface area (Å²) in [6.07, 6.45) is 3.74. The van der Waals surface area contributed by atoms with E-state index in [0.717, 1.165) is 11.1 Å². The molecule has 0 aliphatic carbocycles. The Labute approximate surface area is 144 Å². The van der Waals surface area contributed by atoms with Crippen molar-refractivity contribution in [2.24, 2.45) is 0 Å². The molecule has 0 saturated carbocycles. The van der Waals surface area contributed by atoms with Gasteiger partial charge >= 0.3 is 5.97 Å². The summed E-state index contributed by atoms with van der Waals surface area (Å²) in [4.78, 5) is 34.5. The zero-order valence-electron chi connectivity index (χ0n) is 13.2. The quantitative estimate of drug-likeness (QED) is 0.478. The van der Waals surface area contributed by atoms with Crippen LogP contribution in [0.4, 0.5) is 0 Å². The number of carbonyl (C=O) groups excluding carboxylic acids is 2. The van der Waals surface area contributed by atoms with Crippen molar-refractivity contribution in [2.75, 3.05) is 12.9 Å². The lowest BCUT2D eigenvalue weighted by Crippen LogP contribution is -2.49. The van der Waals surface area contributed by atoms with Crippen LogP contribution in [0.1, 0.15) is 11.1 Å². The molecule has 1 aliphatic heterocycles. The Hall–Kier alpha value is -2.41. The number of amides is 1. The minimum Gasteiger partial charge on any atom is -0.467 e. The summed E-state index contributed by atoms with van der Waals surface area (Å²) in [5.74, 6) is -0.337. The Bertz CT molecular complexity index is 739. The molecule has 1 aromatic heterocycles. The van der Waals surface area contributed by atoms with Crippen LogP contribution in [0.25, 0.3) is 0 Å². The normalized spacial score (nSPS) is 16.4. The summed E-state index contributed by atoms with van der Waals surface area (Å²) >= 11 is 1.26. The third-order valence-electron chi connectivity index (χ3n) is 3.91. The number of aromatic nitrogens is 2. The van der Waals surface area contributed by atoms with Crippen molar-refractivity contribution < 1.29 is 14.3 Å². The summed E-state index contributed by atoms with van der Waals surface area (Å²) in [6, 6.07) is 8.98. The van der Waals surface area contributed by atoms with Crippen LogP contribution in [0.5, 0.6) is 0 Å². The molecule has 0 spiro atoms. The molecule has 1 aromatic carbocycles. The fourth-order valence-corrected chi connectivity index (χ4v) is 3.39. The van der Waals surface area contributed by atoms with Crippen molar-refractivity contribution >= 4 is 23.6 Å². The molecule has 0 bridgehead atoms. The van der Waals surface area contributed by atoms with E-state index in [9.17, 15) is 9.59 Å². The van der Waals surface area contributed by atoms with Gasteiger partial charge in [0.2, 0.25) is 5.91 Å². The molecule has 0 unspecified atom stereocenters. The molecule has 124 valence electrons. The van der Waals surface area contributed by atoms with Crippen molar-refractivity contribution in [3.05, 3.63) is 53.9 Å². The number of thioether (sulfide) groups is 1. The number of benzene rings is 1. The molecule has 0 saturated heterocycles. The standard InChI is InChI=1S/C17H17N3O3S/c1-23-16(22)14-9-12-5-2-3-6-13(12)10-20(14)15(21)11-24-17-18-7-4-8-19-17/h2-8,14H,9-11H2,1H3/t14-/m0/s1. The van der Waals surface area contributed by atoms with Gasteiger partial charge in [0.25, 0.3) is 0 Å². The number of nitrogens with zero attached hydrogens (tertiary/aromatic N) is 3. The SMILES string of the molecule is COC(=O)[C@@H]1Cc2ccccc2CN1C(=O)CSc1ncccn1. The van der Waals surface area contributed by atoms with Gasteiger partial charge in [-0.1, -0.05) is 36.0 Å². The van der Waals surface area contributed by atoms with Crippen molar-refractivity contribution in [3.63, 3.8) is 0 Å².